The van der Waals surface area contributed by atoms with Gasteiger partial charge in [-0.2, -0.15) is 0 Å². The fourth-order valence-corrected chi connectivity index (χ4v) is 2.27. The van der Waals surface area contributed by atoms with Gasteiger partial charge in [-0.1, -0.05) is 6.42 Å². The number of β-amino-alcohol motifs (C(OH)–C–C–N with tert-alkyl or cyclic N) is 1. The second-order valence-corrected chi connectivity index (χ2v) is 3.89. The molecule has 12 heavy (non-hydrogen) atoms. The zero-order valence-corrected chi connectivity index (χ0v) is 7.50. The molecule has 0 aromatic rings. The van der Waals surface area contributed by atoms with Gasteiger partial charge in [0.1, 0.15) is 0 Å². The largest absolute Gasteiger partial charge is 0.390 e. The molecule has 0 aromatic carbocycles. The lowest BCUT2D eigenvalue weighted by Gasteiger charge is -2.33. The smallest absolute Gasteiger partial charge is 0.0831 e. The van der Waals surface area contributed by atoms with Gasteiger partial charge in [0.05, 0.1) is 6.10 Å². The Balaban J connectivity index is 1.89. The average molecular weight is 170 g/mol. The lowest BCUT2D eigenvalue weighted by molar-refractivity contribution is 0.0706. The zero-order valence-electron chi connectivity index (χ0n) is 7.50. The van der Waals surface area contributed by atoms with Crippen molar-refractivity contribution < 1.29 is 5.11 Å². The molecule has 2 heterocycles. The second kappa shape index (κ2) is 3.73. The average Bonchev–Trinajstić information content (AvgIpc) is 2.53. The van der Waals surface area contributed by atoms with E-state index in [1.54, 1.807) is 0 Å². The van der Waals surface area contributed by atoms with Crippen molar-refractivity contribution in [2.75, 3.05) is 26.2 Å². The van der Waals surface area contributed by atoms with Crippen LogP contribution < -0.4 is 5.32 Å². The van der Waals surface area contributed by atoms with Crippen LogP contribution in [-0.2, 0) is 0 Å². The zero-order chi connectivity index (χ0) is 8.39. The van der Waals surface area contributed by atoms with Crippen molar-refractivity contribution in [3.8, 4) is 0 Å². The normalized spacial score (nSPS) is 38.8. The van der Waals surface area contributed by atoms with Crippen LogP contribution in [-0.4, -0.2) is 48.3 Å². The molecule has 3 nitrogen and oxygen atoms in total. The Hall–Kier alpha value is -0.120. The molecule has 2 aliphatic rings. The Morgan fingerprint density at radius 1 is 1.08 bits per heavy atom. The number of nitrogens with one attached hydrogen (secondary N) is 1. The first kappa shape index (κ1) is 8.48. The summed E-state index contributed by atoms with van der Waals surface area (Å²) >= 11 is 0. The van der Waals surface area contributed by atoms with Gasteiger partial charge in [0, 0.05) is 19.1 Å². The minimum atomic E-state index is -0.136. The highest BCUT2D eigenvalue weighted by molar-refractivity contribution is 4.89. The Morgan fingerprint density at radius 3 is 2.42 bits per heavy atom. The van der Waals surface area contributed by atoms with Gasteiger partial charge in [-0.25, -0.2) is 0 Å². The minimum absolute atomic E-state index is 0.136. The van der Waals surface area contributed by atoms with Crippen molar-refractivity contribution >= 4 is 0 Å². The van der Waals surface area contributed by atoms with Gasteiger partial charge in [-0.05, 0) is 25.9 Å². The molecule has 2 N–H and O–H groups in total. The van der Waals surface area contributed by atoms with Gasteiger partial charge >= 0.3 is 0 Å². The van der Waals surface area contributed by atoms with Crippen molar-refractivity contribution in [1.82, 2.24) is 10.2 Å². The van der Waals surface area contributed by atoms with Gasteiger partial charge < -0.3 is 10.4 Å². The van der Waals surface area contributed by atoms with E-state index in [4.69, 9.17) is 0 Å². The van der Waals surface area contributed by atoms with Crippen LogP contribution in [0.25, 0.3) is 0 Å². The summed E-state index contributed by atoms with van der Waals surface area (Å²) in [5.74, 6) is 0. The van der Waals surface area contributed by atoms with Crippen LogP contribution in [0.3, 0.4) is 0 Å². The predicted molar refractivity (Wildman–Crippen MR) is 48.1 cm³/mol. The van der Waals surface area contributed by atoms with Crippen molar-refractivity contribution in [1.29, 1.82) is 0 Å². The molecule has 0 bridgehead atoms. The molecule has 2 aliphatic heterocycles. The first-order chi connectivity index (χ1) is 5.88. The Morgan fingerprint density at radius 2 is 1.83 bits per heavy atom. The lowest BCUT2D eigenvalue weighted by Crippen LogP contribution is -2.45. The van der Waals surface area contributed by atoms with E-state index >= 15 is 0 Å². The third-order valence-electron chi connectivity index (χ3n) is 3.01. The molecule has 3 heteroatoms. The highest BCUT2D eigenvalue weighted by atomic mass is 16.3. The van der Waals surface area contributed by atoms with Crippen LogP contribution in [0.2, 0.25) is 0 Å². The SMILES string of the molecule is O[C@@H]1CNC[C@@H]1N1CCCCC1. The highest BCUT2D eigenvalue weighted by Crippen LogP contribution is 2.16. The number of rotatable bonds is 1. The Kier molecular flexibility index (Phi) is 2.63. The molecule has 2 atom stereocenters. The number of aliphatic hydroxyl groups excluding tert-OH is 1. The molecule has 0 radical (unpaired) electrons. The van der Waals surface area contributed by atoms with Crippen molar-refractivity contribution in [3.63, 3.8) is 0 Å². The van der Waals surface area contributed by atoms with Crippen LogP contribution in [0.1, 0.15) is 19.3 Å². The molecule has 2 rings (SSSR count). The van der Waals surface area contributed by atoms with E-state index < -0.39 is 0 Å². The van der Waals surface area contributed by atoms with Crippen LogP contribution in [0.4, 0.5) is 0 Å². The number of piperidine rings is 1. The van der Waals surface area contributed by atoms with E-state index in [9.17, 15) is 5.11 Å². The van der Waals surface area contributed by atoms with E-state index in [2.05, 4.69) is 10.2 Å². The number of likely N-dealkylation sites (tertiary alicyclic amines) is 1. The number of hydrogen-bond donors (Lipinski definition) is 2. The standard InChI is InChI=1S/C9H18N2O/c12-9-7-10-6-8(9)11-4-2-1-3-5-11/h8-10,12H,1-7H2/t8-,9+/m0/s1. The number of aliphatic hydroxyl groups is 1. The summed E-state index contributed by atoms with van der Waals surface area (Å²) in [6, 6.07) is 0.394. The quantitative estimate of drug-likeness (QED) is 0.572. The molecule has 2 fully saturated rings. The topological polar surface area (TPSA) is 35.5 Å². The first-order valence-corrected chi connectivity index (χ1v) is 5.01. The van der Waals surface area contributed by atoms with Gasteiger partial charge in [0.25, 0.3) is 0 Å². The summed E-state index contributed by atoms with van der Waals surface area (Å²) in [5.41, 5.74) is 0. The molecular weight excluding hydrogens is 152 g/mol. The maximum absolute atomic E-state index is 9.64. The van der Waals surface area contributed by atoms with E-state index in [0.29, 0.717) is 6.04 Å². The van der Waals surface area contributed by atoms with Crippen LogP contribution in [0.15, 0.2) is 0 Å². The molecule has 70 valence electrons. The van der Waals surface area contributed by atoms with Crippen LogP contribution in [0.5, 0.6) is 0 Å². The number of nitrogens with zero attached hydrogens (tertiary/aromatic N) is 1. The minimum Gasteiger partial charge on any atom is -0.390 e. The highest BCUT2D eigenvalue weighted by Gasteiger charge is 2.30. The molecule has 0 unspecified atom stereocenters. The maximum atomic E-state index is 9.64. The summed E-state index contributed by atoms with van der Waals surface area (Å²) in [5, 5.41) is 12.9. The monoisotopic (exact) mass is 170 g/mol. The fraction of sp³-hybridized carbons (Fsp3) is 1.00. The number of hydrogen-bond acceptors (Lipinski definition) is 3. The molecule has 0 saturated carbocycles. The summed E-state index contributed by atoms with van der Waals surface area (Å²) in [6.45, 7) is 4.12. The predicted octanol–water partition coefficient (Wildman–Crippen LogP) is -0.195. The van der Waals surface area contributed by atoms with E-state index in [1.165, 1.54) is 32.4 Å². The third-order valence-corrected chi connectivity index (χ3v) is 3.01. The van der Waals surface area contributed by atoms with Crippen molar-refractivity contribution in [2.24, 2.45) is 0 Å². The second-order valence-electron chi connectivity index (χ2n) is 3.89. The molecule has 0 amide bonds. The molecule has 0 spiro atoms. The molecular formula is C9H18N2O. The molecule has 2 saturated heterocycles. The summed E-state index contributed by atoms with van der Waals surface area (Å²) in [7, 11) is 0. The van der Waals surface area contributed by atoms with Gasteiger partial charge in [0.2, 0.25) is 0 Å². The summed E-state index contributed by atoms with van der Waals surface area (Å²) in [4.78, 5) is 2.44. The van der Waals surface area contributed by atoms with E-state index in [1.807, 2.05) is 0 Å². The van der Waals surface area contributed by atoms with Gasteiger partial charge in [-0.3, -0.25) is 4.90 Å². The summed E-state index contributed by atoms with van der Waals surface area (Å²) < 4.78 is 0. The molecule has 0 aliphatic carbocycles. The first-order valence-electron chi connectivity index (χ1n) is 5.01. The third kappa shape index (κ3) is 1.63. The Labute approximate surface area is 73.8 Å². The fourth-order valence-electron chi connectivity index (χ4n) is 2.27. The summed E-state index contributed by atoms with van der Waals surface area (Å²) in [6.07, 6.45) is 3.85. The van der Waals surface area contributed by atoms with Gasteiger partial charge in [-0.15, -0.1) is 0 Å². The van der Waals surface area contributed by atoms with Crippen LogP contribution in [0, 0.1) is 0 Å². The van der Waals surface area contributed by atoms with Crippen LogP contribution >= 0.6 is 0 Å². The van der Waals surface area contributed by atoms with Gasteiger partial charge in [0.15, 0.2) is 0 Å². The lowest BCUT2D eigenvalue weighted by atomic mass is 10.1. The molecule has 0 aromatic heterocycles. The van der Waals surface area contributed by atoms with E-state index in [-0.39, 0.29) is 6.10 Å². The maximum Gasteiger partial charge on any atom is 0.0831 e. The van der Waals surface area contributed by atoms with Crippen molar-refractivity contribution in [2.45, 2.75) is 31.4 Å². The van der Waals surface area contributed by atoms with Crippen molar-refractivity contribution in [3.05, 3.63) is 0 Å². The van der Waals surface area contributed by atoms with E-state index in [0.717, 1.165) is 13.1 Å². The Bertz CT molecular complexity index is 145.